The van der Waals surface area contributed by atoms with Gasteiger partial charge in [-0.25, -0.2) is 8.78 Å². The average Bonchev–Trinajstić information content (AvgIpc) is 2.61. The lowest BCUT2D eigenvalue weighted by Gasteiger charge is -2.08. The van der Waals surface area contributed by atoms with Crippen LogP contribution in [0.3, 0.4) is 0 Å². The van der Waals surface area contributed by atoms with Crippen LogP contribution in [-0.2, 0) is 6.42 Å². The van der Waals surface area contributed by atoms with E-state index in [0.717, 1.165) is 24.0 Å². The predicted molar refractivity (Wildman–Crippen MR) is 104 cm³/mol. The summed E-state index contributed by atoms with van der Waals surface area (Å²) >= 11 is 1.79. The molecule has 0 bridgehead atoms. The van der Waals surface area contributed by atoms with E-state index in [0.29, 0.717) is 5.56 Å². The van der Waals surface area contributed by atoms with Gasteiger partial charge in [0, 0.05) is 5.56 Å². The highest BCUT2D eigenvalue weighted by Crippen LogP contribution is 2.29. The van der Waals surface area contributed by atoms with Crippen molar-refractivity contribution in [2.75, 3.05) is 0 Å². The minimum atomic E-state index is -0.793. The predicted octanol–water partition coefficient (Wildman–Crippen LogP) is 6.86. The molecule has 0 spiro atoms. The Balaban J connectivity index is 1.89. The Hall–Kier alpha value is -1.75. The zero-order chi connectivity index (χ0) is 17.1. The molecule has 0 radical (unpaired) electrons. The SMILES string of the molecule is CCCc1ccc(-c2ccc(-c3ccc(I)c(F)c3F)cc2)cc1. The molecule has 0 aliphatic rings. The summed E-state index contributed by atoms with van der Waals surface area (Å²) in [7, 11) is 0. The van der Waals surface area contributed by atoms with Gasteiger partial charge >= 0.3 is 0 Å². The zero-order valence-electron chi connectivity index (χ0n) is 13.3. The Morgan fingerprint density at radius 1 is 0.708 bits per heavy atom. The van der Waals surface area contributed by atoms with Gasteiger partial charge in [-0.2, -0.15) is 0 Å². The molecule has 0 saturated heterocycles. The third-order valence-electron chi connectivity index (χ3n) is 4.06. The van der Waals surface area contributed by atoms with Crippen LogP contribution in [0, 0.1) is 15.2 Å². The first kappa shape index (κ1) is 17.1. The molecule has 0 atom stereocenters. The lowest BCUT2D eigenvalue weighted by atomic mass is 9.98. The molecule has 0 N–H and O–H groups in total. The fourth-order valence-corrected chi connectivity index (χ4v) is 3.16. The second kappa shape index (κ2) is 7.43. The van der Waals surface area contributed by atoms with E-state index in [1.54, 1.807) is 34.7 Å². The molecule has 0 fully saturated rings. The highest BCUT2D eigenvalue weighted by atomic mass is 127. The maximum atomic E-state index is 14.1. The van der Waals surface area contributed by atoms with Crippen molar-refractivity contribution in [3.05, 3.63) is 81.4 Å². The summed E-state index contributed by atoms with van der Waals surface area (Å²) in [4.78, 5) is 0. The number of rotatable bonds is 4. The van der Waals surface area contributed by atoms with Crippen molar-refractivity contribution in [3.63, 3.8) is 0 Å². The first-order chi connectivity index (χ1) is 11.6. The molecule has 24 heavy (non-hydrogen) atoms. The molecule has 0 nitrogen and oxygen atoms in total. The molecule has 0 heterocycles. The topological polar surface area (TPSA) is 0 Å². The van der Waals surface area contributed by atoms with Gasteiger partial charge in [-0.1, -0.05) is 67.9 Å². The Morgan fingerprint density at radius 3 is 1.83 bits per heavy atom. The maximum Gasteiger partial charge on any atom is 0.172 e. The fourth-order valence-electron chi connectivity index (χ4n) is 2.74. The highest BCUT2D eigenvalue weighted by Gasteiger charge is 2.13. The van der Waals surface area contributed by atoms with Crippen LogP contribution in [0.4, 0.5) is 8.78 Å². The van der Waals surface area contributed by atoms with Crippen LogP contribution in [0.25, 0.3) is 22.3 Å². The van der Waals surface area contributed by atoms with E-state index in [2.05, 4.69) is 31.2 Å². The van der Waals surface area contributed by atoms with Crippen LogP contribution in [0.2, 0.25) is 0 Å². The molecule has 0 amide bonds. The van der Waals surface area contributed by atoms with Crippen LogP contribution in [0.1, 0.15) is 18.9 Å². The number of aryl methyl sites for hydroxylation is 1. The summed E-state index contributed by atoms with van der Waals surface area (Å²) in [5.41, 5.74) is 4.48. The molecule has 3 aromatic rings. The average molecular weight is 434 g/mol. The Labute approximate surface area is 154 Å². The van der Waals surface area contributed by atoms with Gasteiger partial charge in [-0.3, -0.25) is 0 Å². The first-order valence-electron chi connectivity index (χ1n) is 7.93. The largest absolute Gasteiger partial charge is 0.203 e. The smallest absolute Gasteiger partial charge is 0.172 e. The summed E-state index contributed by atoms with van der Waals surface area (Å²) in [6.07, 6.45) is 2.21. The fraction of sp³-hybridized carbons (Fsp3) is 0.143. The number of halogens is 3. The van der Waals surface area contributed by atoms with Crippen LogP contribution < -0.4 is 0 Å². The molecule has 0 aromatic heterocycles. The molecule has 122 valence electrons. The second-order valence-electron chi connectivity index (χ2n) is 5.75. The van der Waals surface area contributed by atoms with Gasteiger partial charge in [0.05, 0.1) is 3.57 Å². The van der Waals surface area contributed by atoms with Crippen molar-refractivity contribution in [3.8, 4) is 22.3 Å². The van der Waals surface area contributed by atoms with Crippen LogP contribution >= 0.6 is 22.6 Å². The molecule has 0 unspecified atom stereocenters. The number of benzene rings is 3. The molecule has 0 aliphatic carbocycles. The van der Waals surface area contributed by atoms with E-state index in [1.165, 1.54) is 5.56 Å². The number of hydrogen-bond donors (Lipinski definition) is 0. The lowest BCUT2D eigenvalue weighted by molar-refractivity contribution is 0.506. The maximum absolute atomic E-state index is 14.1. The van der Waals surface area contributed by atoms with Crippen molar-refractivity contribution in [1.29, 1.82) is 0 Å². The molecular weight excluding hydrogens is 417 g/mol. The standard InChI is InChI=1S/C21H17F2I/c1-2-3-14-4-6-15(7-5-14)16-8-10-17(11-9-16)18-12-13-19(24)21(23)20(18)22/h4-13H,2-3H2,1H3. The van der Waals surface area contributed by atoms with Crippen molar-refractivity contribution < 1.29 is 8.78 Å². The lowest BCUT2D eigenvalue weighted by Crippen LogP contribution is -1.93. The van der Waals surface area contributed by atoms with E-state index in [9.17, 15) is 8.78 Å². The number of hydrogen-bond acceptors (Lipinski definition) is 0. The summed E-state index contributed by atoms with van der Waals surface area (Å²) in [6.45, 7) is 2.17. The monoisotopic (exact) mass is 434 g/mol. The Morgan fingerprint density at radius 2 is 1.25 bits per heavy atom. The van der Waals surface area contributed by atoms with E-state index < -0.39 is 11.6 Å². The van der Waals surface area contributed by atoms with Gasteiger partial charge < -0.3 is 0 Å². The molecule has 3 aromatic carbocycles. The van der Waals surface area contributed by atoms with Gasteiger partial charge in [0.2, 0.25) is 0 Å². The van der Waals surface area contributed by atoms with E-state index in [4.69, 9.17) is 0 Å². The third kappa shape index (κ3) is 3.51. The third-order valence-corrected chi connectivity index (χ3v) is 4.89. The van der Waals surface area contributed by atoms with E-state index in [-0.39, 0.29) is 9.13 Å². The summed E-state index contributed by atoms with van der Waals surface area (Å²) in [6, 6.07) is 19.3. The van der Waals surface area contributed by atoms with Crippen LogP contribution in [0.5, 0.6) is 0 Å². The molecular formula is C21H17F2I. The van der Waals surface area contributed by atoms with Crippen LogP contribution in [0.15, 0.2) is 60.7 Å². The highest BCUT2D eigenvalue weighted by molar-refractivity contribution is 14.1. The first-order valence-corrected chi connectivity index (χ1v) is 9.01. The van der Waals surface area contributed by atoms with Gasteiger partial charge in [-0.15, -0.1) is 0 Å². The second-order valence-corrected chi connectivity index (χ2v) is 6.91. The Bertz CT molecular complexity index is 837. The van der Waals surface area contributed by atoms with Crippen molar-refractivity contribution in [2.45, 2.75) is 19.8 Å². The van der Waals surface area contributed by atoms with Gasteiger partial charge in [0.15, 0.2) is 11.6 Å². The molecule has 0 saturated carbocycles. The minimum absolute atomic E-state index is 0.289. The molecule has 3 rings (SSSR count). The van der Waals surface area contributed by atoms with Gasteiger partial charge in [-0.05, 0) is 57.3 Å². The summed E-state index contributed by atoms with van der Waals surface area (Å²) in [5.74, 6) is -1.58. The van der Waals surface area contributed by atoms with E-state index in [1.807, 2.05) is 24.3 Å². The van der Waals surface area contributed by atoms with Crippen molar-refractivity contribution in [2.24, 2.45) is 0 Å². The quantitative estimate of drug-likeness (QED) is 0.311. The van der Waals surface area contributed by atoms with Gasteiger partial charge in [0.1, 0.15) is 0 Å². The summed E-state index contributed by atoms with van der Waals surface area (Å²) < 4.78 is 28.1. The summed E-state index contributed by atoms with van der Waals surface area (Å²) in [5, 5.41) is 0. The Kier molecular flexibility index (Phi) is 5.29. The van der Waals surface area contributed by atoms with Crippen molar-refractivity contribution in [1.82, 2.24) is 0 Å². The van der Waals surface area contributed by atoms with Crippen LogP contribution in [-0.4, -0.2) is 0 Å². The molecule has 3 heteroatoms. The van der Waals surface area contributed by atoms with E-state index >= 15 is 0 Å². The van der Waals surface area contributed by atoms with Crippen molar-refractivity contribution >= 4 is 22.6 Å². The van der Waals surface area contributed by atoms with Gasteiger partial charge in [0.25, 0.3) is 0 Å². The molecule has 0 aliphatic heterocycles. The zero-order valence-corrected chi connectivity index (χ0v) is 15.5. The minimum Gasteiger partial charge on any atom is -0.203 e. The normalized spacial score (nSPS) is 10.8.